The number of hydrogen-bond donors (Lipinski definition) is 4. The third-order valence-corrected chi connectivity index (χ3v) is 6.72. The van der Waals surface area contributed by atoms with Crippen LogP contribution in [0, 0.1) is 0 Å². The molecule has 0 spiro atoms. The third-order valence-electron chi connectivity index (χ3n) is 6.31. The molecule has 0 bridgehead atoms. The van der Waals surface area contributed by atoms with Crippen LogP contribution in [0.15, 0.2) is 84.9 Å². The van der Waals surface area contributed by atoms with Crippen LogP contribution in [0.4, 0.5) is 0 Å². The van der Waals surface area contributed by atoms with Crippen molar-refractivity contribution >= 4 is 40.1 Å². The highest BCUT2D eigenvalue weighted by atomic mass is 35.5. The highest BCUT2D eigenvalue weighted by molar-refractivity contribution is 6.53. The Balaban J connectivity index is 0.000000401. The molecule has 0 amide bonds. The van der Waals surface area contributed by atoms with Gasteiger partial charge < -0.3 is 30.1 Å². The average molecular weight is 598 g/mol. The van der Waals surface area contributed by atoms with E-state index in [1.165, 1.54) is 0 Å². The number of rotatable bonds is 14. The number of halogens is 1. The van der Waals surface area contributed by atoms with Gasteiger partial charge >= 0.3 is 17.9 Å². The number of nitrogens with zero attached hydrogens (tertiary/aromatic N) is 1. The minimum absolute atomic E-state index is 0.688. The number of hydrogen-bond acceptors (Lipinski definition) is 6. The molecule has 42 heavy (non-hydrogen) atoms. The summed E-state index contributed by atoms with van der Waals surface area (Å²) in [4.78, 5) is 32.8. The van der Waals surface area contributed by atoms with Crippen LogP contribution in [-0.4, -0.2) is 75.1 Å². The monoisotopic (exact) mass is 597 g/mol. The van der Waals surface area contributed by atoms with Crippen molar-refractivity contribution in [3.8, 4) is 5.75 Å². The minimum atomic E-state index is -2.74. The number of carboxylic acids is 3. The van der Waals surface area contributed by atoms with E-state index in [2.05, 4.69) is 43.0 Å². The van der Waals surface area contributed by atoms with Gasteiger partial charge in [0.1, 0.15) is 12.4 Å². The first-order chi connectivity index (χ1) is 20.0. The predicted octanol–water partition coefficient (Wildman–Crippen LogP) is 5.31. The van der Waals surface area contributed by atoms with Gasteiger partial charge in [-0.2, -0.15) is 0 Å². The second kappa shape index (κ2) is 16.9. The molecule has 0 unspecified atom stereocenters. The molecule has 0 atom stereocenters. The van der Waals surface area contributed by atoms with Gasteiger partial charge in [-0.25, -0.2) is 4.79 Å². The molecule has 0 saturated heterocycles. The Morgan fingerprint density at radius 3 is 1.62 bits per heavy atom. The van der Waals surface area contributed by atoms with Crippen LogP contribution in [0.5, 0.6) is 5.75 Å². The molecule has 0 radical (unpaired) electrons. The van der Waals surface area contributed by atoms with Crippen LogP contribution in [0.2, 0.25) is 0 Å². The fourth-order valence-electron chi connectivity index (χ4n) is 4.02. The predicted molar refractivity (Wildman–Crippen MR) is 161 cm³/mol. The van der Waals surface area contributed by atoms with Crippen molar-refractivity contribution < 1.29 is 39.5 Å². The molecule has 0 aromatic heterocycles. The van der Waals surface area contributed by atoms with Crippen molar-refractivity contribution in [3.63, 3.8) is 0 Å². The third kappa shape index (κ3) is 10.7. The number of ether oxygens (including phenoxy) is 1. The maximum Gasteiger partial charge on any atom is 0.336 e. The molecule has 3 aromatic carbocycles. The van der Waals surface area contributed by atoms with E-state index in [9.17, 15) is 14.4 Å². The van der Waals surface area contributed by atoms with Crippen molar-refractivity contribution in [2.45, 2.75) is 32.3 Å². The van der Waals surface area contributed by atoms with Crippen LogP contribution in [0.25, 0.3) is 10.6 Å². The molecule has 0 aliphatic carbocycles. The lowest BCUT2D eigenvalue weighted by Gasteiger charge is -2.18. The molecule has 0 heterocycles. The summed E-state index contributed by atoms with van der Waals surface area (Å²) < 4.78 is 5.94. The van der Waals surface area contributed by atoms with Gasteiger partial charge in [-0.1, -0.05) is 98.2 Å². The largest absolute Gasteiger partial charge is 0.492 e. The average Bonchev–Trinajstić information content (AvgIpc) is 2.96. The van der Waals surface area contributed by atoms with Crippen LogP contribution >= 0.6 is 11.6 Å². The van der Waals surface area contributed by atoms with Crippen molar-refractivity contribution in [2.75, 3.05) is 26.2 Å². The van der Waals surface area contributed by atoms with E-state index in [1.807, 2.05) is 60.7 Å². The molecule has 10 heteroatoms. The van der Waals surface area contributed by atoms with Gasteiger partial charge in [0.25, 0.3) is 0 Å². The van der Waals surface area contributed by atoms with E-state index in [-0.39, 0.29) is 0 Å². The normalized spacial score (nSPS) is 11.6. The molecule has 3 aromatic rings. The van der Waals surface area contributed by atoms with E-state index in [0.29, 0.717) is 6.61 Å². The first kappa shape index (κ1) is 34.0. The first-order valence-electron chi connectivity index (χ1n) is 13.4. The zero-order valence-corrected chi connectivity index (χ0v) is 24.3. The fraction of sp³-hybridized carbons (Fsp3) is 0.281. The standard InChI is InChI=1S/C26H28ClNO.C6H8O7/c1-3-28(4-2)19-20-29-24-17-15-22(16-18-24)25(21-11-7-5-8-12-21)26(27)23-13-9-6-10-14-23;7-3(8)1-6(13,5(11)12)2-4(9)10/h5-18H,3-4,19-20H2,1-2H3;13H,1-2H2,(H,7,8)(H,9,10)(H,11,12)/b26-25+;. The Morgan fingerprint density at radius 2 is 1.19 bits per heavy atom. The molecule has 0 saturated carbocycles. The van der Waals surface area contributed by atoms with Gasteiger partial charge in [0.05, 0.1) is 17.9 Å². The van der Waals surface area contributed by atoms with Gasteiger partial charge in [0.2, 0.25) is 0 Å². The quantitative estimate of drug-likeness (QED) is 0.182. The second-order valence-electron chi connectivity index (χ2n) is 9.30. The minimum Gasteiger partial charge on any atom is -0.492 e. The van der Waals surface area contributed by atoms with E-state index < -0.39 is 36.4 Å². The summed E-state index contributed by atoms with van der Waals surface area (Å²) >= 11 is 6.87. The van der Waals surface area contributed by atoms with Crippen molar-refractivity contribution in [3.05, 3.63) is 102 Å². The Hall–Kier alpha value is -4.18. The smallest absolute Gasteiger partial charge is 0.336 e. The summed E-state index contributed by atoms with van der Waals surface area (Å²) in [7, 11) is 0. The van der Waals surface area contributed by atoms with Crippen LogP contribution in [0.3, 0.4) is 0 Å². The zero-order valence-electron chi connectivity index (χ0n) is 23.6. The molecule has 0 fully saturated rings. The molecular formula is C32H36ClNO8. The summed E-state index contributed by atoms with van der Waals surface area (Å²) in [6.07, 6.45) is -2.29. The van der Waals surface area contributed by atoms with Crippen LogP contribution in [-0.2, 0) is 14.4 Å². The van der Waals surface area contributed by atoms with E-state index in [0.717, 1.165) is 52.7 Å². The number of carboxylic acid groups (broad SMARTS) is 3. The highest BCUT2D eigenvalue weighted by Gasteiger charge is 2.40. The lowest BCUT2D eigenvalue weighted by atomic mass is 9.95. The highest BCUT2D eigenvalue weighted by Crippen LogP contribution is 2.35. The van der Waals surface area contributed by atoms with Crippen molar-refractivity contribution in [2.24, 2.45) is 0 Å². The molecule has 4 N–H and O–H groups in total. The molecule has 224 valence electrons. The van der Waals surface area contributed by atoms with Gasteiger partial charge in [-0.15, -0.1) is 0 Å². The summed E-state index contributed by atoms with van der Waals surface area (Å²) in [5.74, 6) is -4.14. The van der Waals surface area contributed by atoms with E-state index in [4.69, 9.17) is 36.8 Å². The zero-order chi connectivity index (χ0) is 31.1. The first-order valence-corrected chi connectivity index (χ1v) is 13.7. The van der Waals surface area contributed by atoms with Crippen LogP contribution < -0.4 is 4.74 Å². The number of aliphatic hydroxyl groups is 1. The molecule has 9 nitrogen and oxygen atoms in total. The summed E-state index contributed by atoms with van der Waals surface area (Å²) in [5, 5.41) is 34.6. The maximum absolute atomic E-state index is 10.3. The number of carbonyl (C=O) groups is 3. The molecule has 0 aliphatic rings. The number of benzene rings is 3. The Bertz CT molecular complexity index is 1310. The molecular weight excluding hydrogens is 562 g/mol. The Labute approximate surface area is 250 Å². The topological polar surface area (TPSA) is 145 Å². The lowest BCUT2D eigenvalue weighted by Crippen LogP contribution is -2.42. The number of aliphatic carboxylic acids is 3. The van der Waals surface area contributed by atoms with Gasteiger partial charge in [0.15, 0.2) is 5.60 Å². The summed E-state index contributed by atoms with van der Waals surface area (Å²) in [6.45, 7) is 8.05. The number of likely N-dealkylation sites (N-methyl/N-ethyl adjacent to an activating group) is 1. The van der Waals surface area contributed by atoms with Gasteiger partial charge in [-0.3, -0.25) is 9.59 Å². The lowest BCUT2D eigenvalue weighted by molar-refractivity contribution is -0.170. The summed E-state index contributed by atoms with van der Waals surface area (Å²) in [5.41, 5.74) is 1.45. The second-order valence-corrected chi connectivity index (χ2v) is 9.68. The Kier molecular flexibility index (Phi) is 13.7. The van der Waals surface area contributed by atoms with Crippen molar-refractivity contribution in [1.82, 2.24) is 4.90 Å². The van der Waals surface area contributed by atoms with Crippen molar-refractivity contribution in [1.29, 1.82) is 0 Å². The SMILES string of the molecule is CCN(CC)CCOc1ccc(/C(=C(/Cl)c2ccccc2)c2ccccc2)cc1.O=C(O)CC(O)(CC(=O)O)C(=O)O. The van der Waals surface area contributed by atoms with Gasteiger partial charge in [0, 0.05) is 12.1 Å². The molecule has 3 rings (SSSR count). The molecule has 0 aliphatic heterocycles. The fourth-order valence-corrected chi connectivity index (χ4v) is 4.36. The summed E-state index contributed by atoms with van der Waals surface area (Å²) in [6, 6.07) is 28.6. The van der Waals surface area contributed by atoms with E-state index in [1.54, 1.807) is 0 Å². The van der Waals surface area contributed by atoms with Gasteiger partial charge in [-0.05, 0) is 41.9 Å². The maximum atomic E-state index is 10.3. The van der Waals surface area contributed by atoms with E-state index >= 15 is 0 Å². The van der Waals surface area contributed by atoms with Crippen LogP contribution in [0.1, 0.15) is 43.4 Å². The Morgan fingerprint density at radius 1 is 0.738 bits per heavy atom.